The predicted octanol–water partition coefficient (Wildman–Crippen LogP) is 6.02. The van der Waals surface area contributed by atoms with E-state index >= 15 is 4.39 Å². The number of likely N-dealkylation sites (tertiary alicyclic amines) is 1. The highest BCUT2D eigenvalue weighted by molar-refractivity contribution is 8.00. The molecule has 14 heteroatoms. The topological polar surface area (TPSA) is 141 Å². The molecule has 2 fully saturated rings. The van der Waals surface area contributed by atoms with Crippen LogP contribution >= 0.6 is 11.8 Å². The minimum absolute atomic E-state index is 0.0294. The molecular weight excluding hydrogens is 741 g/mol. The maximum absolute atomic E-state index is 15.2. The zero-order valence-electron chi connectivity index (χ0n) is 32.4. The van der Waals surface area contributed by atoms with E-state index in [4.69, 9.17) is 0 Å². The molecule has 4 amide bonds. The first-order valence-corrected chi connectivity index (χ1v) is 20.5. The molecule has 2 saturated heterocycles. The van der Waals surface area contributed by atoms with E-state index in [2.05, 4.69) is 10.6 Å². The van der Waals surface area contributed by atoms with Gasteiger partial charge < -0.3 is 25.2 Å². The SMILES string of the molecule is CC(C)(C)[C@@H](c1cc(-c2cc(F)ccc2F)cn1Cc1ccccc1)N(CC1CCNC1)C(=O)CSCC(NC(=O)CCCCCN1C(=O)CCC1=O)C(=O)O. The van der Waals surface area contributed by atoms with Crippen molar-refractivity contribution in [2.75, 3.05) is 37.7 Å². The molecule has 56 heavy (non-hydrogen) atoms. The molecule has 2 aliphatic heterocycles. The molecule has 302 valence electrons. The van der Waals surface area contributed by atoms with Gasteiger partial charge in [0.25, 0.3) is 0 Å². The van der Waals surface area contributed by atoms with Crippen LogP contribution in [0.2, 0.25) is 0 Å². The summed E-state index contributed by atoms with van der Waals surface area (Å²) in [6.45, 7) is 8.88. The van der Waals surface area contributed by atoms with E-state index in [1.807, 2.05) is 72.8 Å². The fraction of sp³-hybridized carbons (Fsp3) is 0.500. The summed E-state index contributed by atoms with van der Waals surface area (Å²) >= 11 is 1.14. The first kappa shape index (κ1) is 42.6. The van der Waals surface area contributed by atoms with Gasteiger partial charge >= 0.3 is 5.97 Å². The molecule has 2 unspecified atom stereocenters. The molecule has 3 N–H and O–H groups in total. The minimum atomic E-state index is -1.21. The molecule has 2 aromatic carbocycles. The van der Waals surface area contributed by atoms with Gasteiger partial charge in [-0.3, -0.25) is 24.1 Å². The Morgan fingerprint density at radius 3 is 2.41 bits per heavy atom. The number of carboxylic acids is 1. The van der Waals surface area contributed by atoms with Gasteiger partial charge in [-0.05, 0) is 73.5 Å². The number of aromatic nitrogens is 1. The molecule has 3 aromatic rings. The third kappa shape index (κ3) is 11.5. The largest absolute Gasteiger partial charge is 0.480 e. The Labute approximate surface area is 331 Å². The molecule has 2 aliphatic rings. The van der Waals surface area contributed by atoms with Crippen LogP contribution in [0.25, 0.3) is 11.1 Å². The maximum atomic E-state index is 15.2. The molecule has 0 saturated carbocycles. The van der Waals surface area contributed by atoms with Crippen LogP contribution in [0.4, 0.5) is 8.78 Å². The molecule has 11 nitrogen and oxygen atoms in total. The number of carboxylic acid groups (broad SMARTS) is 1. The van der Waals surface area contributed by atoms with Gasteiger partial charge in [0.05, 0.1) is 11.8 Å². The lowest BCUT2D eigenvalue weighted by Gasteiger charge is -2.42. The molecule has 5 rings (SSSR count). The first-order valence-electron chi connectivity index (χ1n) is 19.3. The quantitative estimate of drug-likeness (QED) is 0.0990. The monoisotopic (exact) mass is 793 g/mol. The van der Waals surface area contributed by atoms with Crippen molar-refractivity contribution in [2.45, 2.75) is 84.3 Å². The molecule has 0 spiro atoms. The molecule has 0 radical (unpaired) electrons. The lowest BCUT2D eigenvalue weighted by Crippen LogP contribution is -2.46. The summed E-state index contributed by atoms with van der Waals surface area (Å²) in [7, 11) is 0. The van der Waals surface area contributed by atoms with E-state index in [0.29, 0.717) is 44.5 Å². The summed E-state index contributed by atoms with van der Waals surface area (Å²) in [5, 5.41) is 15.9. The Morgan fingerprint density at radius 2 is 1.75 bits per heavy atom. The fourth-order valence-electron chi connectivity index (χ4n) is 7.50. The summed E-state index contributed by atoms with van der Waals surface area (Å²) in [5.74, 6) is -3.19. The van der Waals surface area contributed by atoms with Crippen LogP contribution in [-0.2, 0) is 30.5 Å². The number of thioether (sulfide) groups is 1. The number of carbonyl (C=O) groups is 5. The Bertz CT molecular complexity index is 1840. The number of carbonyl (C=O) groups excluding carboxylic acids is 4. The second-order valence-corrected chi connectivity index (χ2v) is 16.8. The van der Waals surface area contributed by atoms with E-state index in [-0.39, 0.29) is 60.0 Å². The number of unbranched alkanes of at least 4 members (excludes halogenated alkanes) is 2. The zero-order chi connectivity index (χ0) is 40.4. The Hall–Kier alpha value is -4.56. The van der Waals surface area contributed by atoms with Gasteiger partial charge in [0.1, 0.15) is 17.7 Å². The van der Waals surface area contributed by atoms with Crippen molar-refractivity contribution in [3.63, 3.8) is 0 Å². The van der Waals surface area contributed by atoms with Crippen LogP contribution in [0.3, 0.4) is 0 Å². The van der Waals surface area contributed by atoms with E-state index in [0.717, 1.165) is 54.7 Å². The number of rotatable bonds is 19. The summed E-state index contributed by atoms with van der Waals surface area (Å²) < 4.78 is 31.6. The summed E-state index contributed by atoms with van der Waals surface area (Å²) in [6.07, 6.45) is 4.88. The minimum Gasteiger partial charge on any atom is -0.480 e. The molecule has 0 bridgehead atoms. The van der Waals surface area contributed by atoms with Gasteiger partial charge in [0.2, 0.25) is 23.6 Å². The maximum Gasteiger partial charge on any atom is 0.327 e. The standard InChI is InChI=1S/C42H53F2N5O6S/c1-42(2,3)40(35-20-30(32-21-31(43)13-14-33(32)44)25-47(35)23-28-10-6-4-7-11-28)49(24-29-17-18-45-22-29)39(53)27-56-26-34(41(54)55)46-36(50)12-8-5-9-19-48-37(51)15-16-38(48)52/h4,6-7,10-11,13-14,20-21,25,29,34,40,45H,5,8-9,12,15-19,22-24,26-27H2,1-3H3,(H,46,50)(H,54,55)/t29?,34?,40-/m1/s1. The number of nitrogens with one attached hydrogen (secondary N) is 2. The van der Waals surface area contributed by atoms with Crippen LogP contribution in [0, 0.1) is 23.0 Å². The molecule has 3 heterocycles. The number of nitrogens with zero attached hydrogens (tertiary/aromatic N) is 3. The van der Waals surface area contributed by atoms with Gasteiger partial charge in [0.15, 0.2) is 0 Å². The van der Waals surface area contributed by atoms with Crippen molar-refractivity contribution in [1.29, 1.82) is 0 Å². The normalized spacial score (nSPS) is 16.9. The molecule has 0 aliphatic carbocycles. The molecular formula is C42H53F2N5O6S. The Balaban J connectivity index is 1.31. The van der Waals surface area contributed by atoms with E-state index in [1.165, 1.54) is 11.0 Å². The summed E-state index contributed by atoms with van der Waals surface area (Å²) in [4.78, 5) is 66.1. The second kappa shape index (κ2) is 19.5. The van der Waals surface area contributed by atoms with Gasteiger partial charge in [-0.25, -0.2) is 13.6 Å². The number of hydrogen-bond donors (Lipinski definition) is 3. The lowest BCUT2D eigenvalue weighted by molar-refractivity contribution is -0.141. The van der Waals surface area contributed by atoms with E-state index in [9.17, 15) is 33.5 Å². The first-order chi connectivity index (χ1) is 26.7. The van der Waals surface area contributed by atoms with Crippen molar-refractivity contribution >= 4 is 41.4 Å². The van der Waals surface area contributed by atoms with Gasteiger partial charge in [-0.15, -0.1) is 11.8 Å². The average Bonchev–Trinajstić information content (AvgIpc) is 3.89. The summed E-state index contributed by atoms with van der Waals surface area (Å²) in [5.41, 5.74) is 1.85. The number of hydrogen-bond acceptors (Lipinski definition) is 7. The number of amides is 4. The van der Waals surface area contributed by atoms with Crippen LogP contribution in [0.5, 0.6) is 0 Å². The van der Waals surface area contributed by atoms with Crippen molar-refractivity contribution in [3.8, 4) is 11.1 Å². The fourth-order valence-corrected chi connectivity index (χ4v) is 8.42. The van der Waals surface area contributed by atoms with Gasteiger partial charge in [-0.2, -0.15) is 0 Å². The lowest BCUT2D eigenvalue weighted by atomic mass is 9.82. The number of halogens is 2. The third-order valence-corrected chi connectivity index (χ3v) is 11.3. The molecule has 1 aromatic heterocycles. The number of imide groups is 1. The van der Waals surface area contributed by atoms with Gasteiger partial charge in [0, 0.05) is 67.7 Å². The van der Waals surface area contributed by atoms with Crippen molar-refractivity contribution in [1.82, 2.24) is 25.0 Å². The van der Waals surface area contributed by atoms with Gasteiger partial charge in [-0.1, -0.05) is 57.5 Å². The highest BCUT2D eigenvalue weighted by atomic mass is 32.2. The van der Waals surface area contributed by atoms with Crippen LogP contribution in [0.15, 0.2) is 60.8 Å². The highest BCUT2D eigenvalue weighted by Gasteiger charge is 2.39. The Kier molecular flexibility index (Phi) is 14.9. The predicted molar refractivity (Wildman–Crippen MR) is 212 cm³/mol. The summed E-state index contributed by atoms with van der Waals surface area (Å²) in [6, 6.07) is 13.3. The Morgan fingerprint density at radius 1 is 1.02 bits per heavy atom. The van der Waals surface area contributed by atoms with Crippen molar-refractivity contribution < 1.29 is 37.9 Å². The van der Waals surface area contributed by atoms with Crippen molar-refractivity contribution in [3.05, 3.63) is 83.7 Å². The van der Waals surface area contributed by atoms with Crippen LogP contribution in [0.1, 0.15) is 83.0 Å². The number of aliphatic carboxylic acids is 1. The van der Waals surface area contributed by atoms with E-state index in [1.54, 1.807) is 0 Å². The average molecular weight is 794 g/mol. The zero-order valence-corrected chi connectivity index (χ0v) is 33.2. The van der Waals surface area contributed by atoms with Crippen molar-refractivity contribution in [2.24, 2.45) is 11.3 Å². The van der Waals surface area contributed by atoms with Crippen LogP contribution in [-0.4, -0.2) is 92.8 Å². The number of benzene rings is 2. The van der Waals surface area contributed by atoms with Crippen LogP contribution < -0.4 is 10.6 Å². The van der Waals surface area contributed by atoms with E-state index < -0.39 is 41.0 Å². The highest BCUT2D eigenvalue weighted by Crippen LogP contribution is 2.42. The third-order valence-electron chi connectivity index (χ3n) is 10.3. The second-order valence-electron chi connectivity index (χ2n) is 15.8. The molecule has 3 atom stereocenters. The smallest absolute Gasteiger partial charge is 0.327 e.